The zero-order valence-electron chi connectivity index (χ0n) is 17.2. The average Bonchev–Trinajstić information content (AvgIpc) is 2.66. The summed E-state index contributed by atoms with van der Waals surface area (Å²) < 4.78 is 24.0. The first-order chi connectivity index (χ1) is 13.3. The Balaban J connectivity index is 1.69. The van der Waals surface area contributed by atoms with E-state index in [-0.39, 0.29) is 35.9 Å². The normalized spacial score (nSPS) is 38.3. The van der Waals surface area contributed by atoms with Gasteiger partial charge in [-0.2, -0.15) is 0 Å². The van der Waals surface area contributed by atoms with Gasteiger partial charge in [0.1, 0.15) is 6.10 Å². The van der Waals surface area contributed by atoms with Crippen LogP contribution in [0.25, 0.3) is 0 Å². The van der Waals surface area contributed by atoms with Crippen molar-refractivity contribution in [3.8, 4) is 0 Å². The molecule has 0 radical (unpaired) electrons. The Morgan fingerprint density at radius 3 is 2.61 bits per heavy atom. The SMILES string of the molecule is CC(=O)O[C@H]1[C@@H](C)[C@@]2(OC[C@@H]1C)O[C@@H](COCc1ccccc1)C[C@@H](O)[C@@H]2C. The summed E-state index contributed by atoms with van der Waals surface area (Å²) in [6.45, 7) is 8.59. The molecule has 1 N–H and O–H groups in total. The second-order valence-electron chi connectivity index (χ2n) is 8.20. The molecule has 0 unspecified atom stereocenters. The first-order valence-corrected chi connectivity index (χ1v) is 10.1. The van der Waals surface area contributed by atoms with Crippen LogP contribution in [0.15, 0.2) is 30.3 Å². The maximum atomic E-state index is 11.6. The number of hydrogen-bond acceptors (Lipinski definition) is 6. The zero-order chi connectivity index (χ0) is 20.3. The summed E-state index contributed by atoms with van der Waals surface area (Å²) >= 11 is 0. The van der Waals surface area contributed by atoms with E-state index in [1.807, 2.05) is 51.1 Å². The van der Waals surface area contributed by atoms with Gasteiger partial charge in [0.05, 0.1) is 32.0 Å². The quantitative estimate of drug-likeness (QED) is 0.777. The Morgan fingerprint density at radius 2 is 1.93 bits per heavy atom. The van der Waals surface area contributed by atoms with Crippen LogP contribution in [0.5, 0.6) is 0 Å². The van der Waals surface area contributed by atoms with E-state index in [1.54, 1.807) is 0 Å². The Morgan fingerprint density at radius 1 is 1.21 bits per heavy atom. The van der Waals surface area contributed by atoms with Crippen molar-refractivity contribution >= 4 is 5.97 Å². The highest BCUT2D eigenvalue weighted by Gasteiger charge is 2.58. The lowest BCUT2D eigenvalue weighted by Crippen LogP contribution is -2.65. The minimum Gasteiger partial charge on any atom is -0.462 e. The van der Waals surface area contributed by atoms with Crippen molar-refractivity contribution in [1.82, 2.24) is 0 Å². The van der Waals surface area contributed by atoms with Gasteiger partial charge >= 0.3 is 5.97 Å². The standard InChI is InChI=1S/C22H32O6/c1-14-11-26-22(16(3)21(14)27-17(4)23)15(2)20(24)10-19(28-22)13-25-12-18-8-6-5-7-9-18/h5-9,14-16,19-21,24H,10-13H2,1-4H3/t14-,15-,16+,19+,20+,21+,22-/m0/s1. The molecule has 1 aromatic carbocycles. The van der Waals surface area contributed by atoms with Crippen molar-refractivity contribution in [2.45, 2.75) is 64.8 Å². The average molecular weight is 392 g/mol. The summed E-state index contributed by atoms with van der Waals surface area (Å²) in [6.07, 6.45) is -0.691. The highest BCUT2D eigenvalue weighted by atomic mass is 16.7. The molecule has 3 rings (SSSR count). The third kappa shape index (κ3) is 4.40. The molecule has 2 heterocycles. The number of esters is 1. The van der Waals surface area contributed by atoms with Gasteiger partial charge in [-0.25, -0.2) is 0 Å². The fraction of sp³-hybridized carbons (Fsp3) is 0.682. The van der Waals surface area contributed by atoms with Gasteiger partial charge in [0.2, 0.25) is 0 Å². The first-order valence-electron chi connectivity index (χ1n) is 10.1. The van der Waals surface area contributed by atoms with E-state index in [0.29, 0.717) is 26.2 Å². The molecule has 6 nitrogen and oxygen atoms in total. The molecular weight excluding hydrogens is 360 g/mol. The number of aliphatic hydroxyl groups excluding tert-OH is 1. The van der Waals surface area contributed by atoms with Gasteiger partial charge in [-0.15, -0.1) is 0 Å². The van der Waals surface area contributed by atoms with Crippen LogP contribution in [0.4, 0.5) is 0 Å². The molecule has 1 aromatic rings. The van der Waals surface area contributed by atoms with Gasteiger partial charge in [-0.05, 0) is 5.56 Å². The Hall–Kier alpha value is -1.47. The predicted molar refractivity (Wildman–Crippen MR) is 103 cm³/mol. The van der Waals surface area contributed by atoms with Crippen molar-refractivity contribution in [3.05, 3.63) is 35.9 Å². The lowest BCUT2D eigenvalue weighted by Gasteiger charge is -2.55. The van der Waals surface area contributed by atoms with E-state index in [4.69, 9.17) is 18.9 Å². The molecule has 0 aliphatic carbocycles. The number of carbonyl (C=O) groups excluding carboxylic acids is 1. The van der Waals surface area contributed by atoms with Crippen LogP contribution >= 0.6 is 0 Å². The number of benzene rings is 1. The Bertz CT molecular complexity index is 650. The number of carbonyl (C=O) groups is 1. The van der Waals surface area contributed by atoms with Crippen LogP contribution in [0.3, 0.4) is 0 Å². The molecule has 2 aliphatic rings. The van der Waals surface area contributed by atoms with Crippen molar-refractivity contribution in [1.29, 1.82) is 0 Å². The van der Waals surface area contributed by atoms with Crippen LogP contribution in [-0.2, 0) is 30.3 Å². The number of aliphatic hydroxyl groups is 1. The third-order valence-corrected chi connectivity index (χ3v) is 6.04. The molecule has 0 aromatic heterocycles. The monoisotopic (exact) mass is 392 g/mol. The number of hydrogen-bond donors (Lipinski definition) is 1. The second kappa shape index (κ2) is 8.91. The van der Waals surface area contributed by atoms with E-state index in [1.165, 1.54) is 6.92 Å². The molecule has 156 valence electrons. The van der Waals surface area contributed by atoms with Crippen molar-refractivity contribution in [2.75, 3.05) is 13.2 Å². The molecule has 7 atom stereocenters. The summed E-state index contributed by atoms with van der Waals surface area (Å²) in [5, 5.41) is 10.7. The highest BCUT2D eigenvalue weighted by Crippen LogP contribution is 2.46. The lowest BCUT2D eigenvalue weighted by atomic mass is 9.74. The topological polar surface area (TPSA) is 74.2 Å². The highest BCUT2D eigenvalue weighted by molar-refractivity contribution is 5.66. The van der Waals surface area contributed by atoms with Gasteiger partial charge in [-0.1, -0.05) is 51.1 Å². The molecule has 2 saturated heterocycles. The molecule has 0 bridgehead atoms. The fourth-order valence-corrected chi connectivity index (χ4v) is 4.45. The number of ether oxygens (including phenoxy) is 4. The largest absolute Gasteiger partial charge is 0.462 e. The van der Waals surface area contributed by atoms with Crippen LogP contribution in [0.1, 0.15) is 39.7 Å². The second-order valence-corrected chi connectivity index (χ2v) is 8.20. The minimum absolute atomic E-state index is 0.0622. The van der Waals surface area contributed by atoms with E-state index in [0.717, 1.165) is 5.56 Å². The molecule has 1 spiro atoms. The molecule has 28 heavy (non-hydrogen) atoms. The maximum absolute atomic E-state index is 11.6. The Kier molecular flexibility index (Phi) is 6.76. The van der Waals surface area contributed by atoms with Gasteiger partial charge in [0.25, 0.3) is 0 Å². The maximum Gasteiger partial charge on any atom is 0.302 e. The van der Waals surface area contributed by atoms with Crippen LogP contribution < -0.4 is 0 Å². The van der Waals surface area contributed by atoms with Gasteiger partial charge in [0, 0.05) is 31.1 Å². The van der Waals surface area contributed by atoms with Gasteiger partial charge in [-0.3, -0.25) is 4.79 Å². The van der Waals surface area contributed by atoms with Gasteiger partial charge in [0.15, 0.2) is 5.79 Å². The first kappa shape index (κ1) is 21.2. The lowest BCUT2D eigenvalue weighted by molar-refractivity contribution is -0.378. The van der Waals surface area contributed by atoms with Crippen molar-refractivity contribution in [2.24, 2.45) is 17.8 Å². The van der Waals surface area contributed by atoms with Crippen LogP contribution in [0.2, 0.25) is 0 Å². The van der Waals surface area contributed by atoms with E-state index in [2.05, 4.69) is 0 Å². The van der Waals surface area contributed by atoms with E-state index >= 15 is 0 Å². The summed E-state index contributed by atoms with van der Waals surface area (Å²) in [5.74, 6) is -1.69. The molecule has 2 aliphatic heterocycles. The van der Waals surface area contributed by atoms with E-state index in [9.17, 15) is 9.90 Å². The summed E-state index contributed by atoms with van der Waals surface area (Å²) in [6, 6.07) is 9.95. The summed E-state index contributed by atoms with van der Waals surface area (Å²) in [5.41, 5.74) is 1.09. The fourth-order valence-electron chi connectivity index (χ4n) is 4.45. The molecule has 0 saturated carbocycles. The van der Waals surface area contributed by atoms with Crippen LogP contribution in [0, 0.1) is 17.8 Å². The Labute approximate surface area is 167 Å². The van der Waals surface area contributed by atoms with E-state index < -0.39 is 11.9 Å². The van der Waals surface area contributed by atoms with Crippen LogP contribution in [-0.4, -0.2) is 48.4 Å². The minimum atomic E-state index is -0.995. The van der Waals surface area contributed by atoms with Crippen molar-refractivity contribution < 1.29 is 28.8 Å². The smallest absolute Gasteiger partial charge is 0.302 e. The summed E-state index contributed by atoms with van der Waals surface area (Å²) in [4.78, 5) is 11.6. The predicted octanol–water partition coefficient (Wildman–Crippen LogP) is 2.92. The number of rotatable bonds is 5. The third-order valence-electron chi connectivity index (χ3n) is 6.04. The molecular formula is C22H32O6. The summed E-state index contributed by atoms with van der Waals surface area (Å²) in [7, 11) is 0. The molecule has 2 fully saturated rings. The molecule has 0 amide bonds. The van der Waals surface area contributed by atoms with Gasteiger partial charge < -0.3 is 24.1 Å². The van der Waals surface area contributed by atoms with Crippen molar-refractivity contribution in [3.63, 3.8) is 0 Å². The molecule has 6 heteroatoms. The zero-order valence-corrected chi connectivity index (χ0v) is 17.2.